The highest BCUT2D eigenvalue weighted by molar-refractivity contribution is 7.13. The molecule has 0 spiro atoms. The molecule has 2 aromatic rings. The van der Waals surface area contributed by atoms with E-state index in [9.17, 15) is 9.59 Å². The van der Waals surface area contributed by atoms with E-state index < -0.39 is 0 Å². The van der Waals surface area contributed by atoms with Crippen LogP contribution in [0.15, 0.2) is 30.3 Å². The van der Waals surface area contributed by atoms with Gasteiger partial charge in [-0.05, 0) is 63.4 Å². The summed E-state index contributed by atoms with van der Waals surface area (Å²) in [6.45, 7) is 13.8. The number of thiophene rings is 1. The summed E-state index contributed by atoms with van der Waals surface area (Å²) in [5.41, 5.74) is 8.56. The SMILES string of the molecule is CC.CC.CN.Cc1ccc(C=O)s1.Cc1ccc2c(c1)CN(C(=O)C1CC1)CC2. The minimum absolute atomic E-state index is 0.353. The number of hydrogen-bond acceptors (Lipinski definition) is 4. The molecular formula is C25H40N2O2S. The van der Waals surface area contributed by atoms with Crippen LogP contribution in [0, 0.1) is 19.8 Å². The quantitative estimate of drug-likeness (QED) is 0.611. The zero-order valence-corrected chi connectivity index (χ0v) is 20.6. The van der Waals surface area contributed by atoms with Crippen LogP contribution in [0.2, 0.25) is 0 Å². The van der Waals surface area contributed by atoms with Crippen molar-refractivity contribution >= 4 is 23.5 Å². The second-order valence-corrected chi connectivity index (χ2v) is 7.94. The number of fused-ring (bicyclic) bond motifs is 1. The summed E-state index contributed by atoms with van der Waals surface area (Å²) in [5, 5.41) is 0. The Bertz CT molecular complexity index is 751. The lowest BCUT2D eigenvalue weighted by atomic mass is 9.97. The molecule has 1 amide bonds. The lowest BCUT2D eigenvalue weighted by Gasteiger charge is -2.29. The molecule has 1 aliphatic heterocycles. The predicted octanol–water partition coefficient (Wildman–Crippen LogP) is 5.79. The Morgan fingerprint density at radius 1 is 1.03 bits per heavy atom. The molecule has 2 N–H and O–H groups in total. The van der Waals surface area contributed by atoms with Gasteiger partial charge in [0.2, 0.25) is 5.91 Å². The molecule has 4 rings (SSSR count). The van der Waals surface area contributed by atoms with E-state index >= 15 is 0 Å². The highest BCUT2D eigenvalue weighted by Crippen LogP contribution is 2.32. The zero-order chi connectivity index (χ0) is 23.1. The summed E-state index contributed by atoms with van der Waals surface area (Å²) in [7, 11) is 1.50. The first-order chi connectivity index (χ1) is 14.6. The average Bonchev–Trinajstić information content (AvgIpc) is 3.58. The fraction of sp³-hybridized carbons (Fsp3) is 0.520. The van der Waals surface area contributed by atoms with Crippen molar-refractivity contribution in [3.05, 3.63) is 56.8 Å². The molecule has 2 heterocycles. The molecule has 1 aliphatic carbocycles. The third kappa shape index (κ3) is 9.23. The number of rotatable bonds is 2. The van der Waals surface area contributed by atoms with Crippen LogP contribution in [0.3, 0.4) is 0 Å². The van der Waals surface area contributed by atoms with Gasteiger partial charge in [-0.25, -0.2) is 0 Å². The highest BCUT2D eigenvalue weighted by Gasteiger charge is 2.34. The number of carbonyl (C=O) groups is 2. The Morgan fingerprint density at radius 3 is 2.13 bits per heavy atom. The Labute approximate surface area is 187 Å². The molecular weight excluding hydrogens is 392 g/mol. The molecule has 5 heteroatoms. The second kappa shape index (κ2) is 15.8. The Kier molecular flexibility index (Phi) is 14.8. The average molecular weight is 433 g/mol. The first-order valence-electron chi connectivity index (χ1n) is 11.0. The fourth-order valence-electron chi connectivity index (χ4n) is 2.98. The van der Waals surface area contributed by atoms with Crippen LogP contribution in [-0.4, -0.2) is 30.7 Å². The second-order valence-electron chi connectivity index (χ2n) is 6.62. The van der Waals surface area contributed by atoms with E-state index in [2.05, 4.69) is 30.9 Å². The number of carbonyl (C=O) groups excluding carboxylic acids is 2. The fourth-order valence-corrected chi connectivity index (χ4v) is 3.67. The summed E-state index contributed by atoms with van der Waals surface area (Å²) in [6, 6.07) is 10.4. The maximum absolute atomic E-state index is 12.0. The van der Waals surface area contributed by atoms with Crippen molar-refractivity contribution in [1.29, 1.82) is 0 Å². The van der Waals surface area contributed by atoms with Gasteiger partial charge in [-0.15, -0.1) is 11.3 Å². The first-order valence-corrected chi connectivity index (χ1v) is 11.8. The Morgan fingerprint density at radius 2 is 1.67 bits per heavy atom. The molecule has 2 aliphatic rings. The van der Waals surface area contributed by atoms with Crippen molar-refractivity contribution in [2.24, 2.45) is 11.7 Å². The standard InChI is InChI=1S/C14H17NO.C6H6OS.2C2H6.CH5N/c1-10-2-3-11-6-7-15(9-13(11)8-10)14(16)12-4-5-12;1-5-2-3-6(4-7)8-5;3*1-2/h2-3,8,12H,4-7,9H2,1H3;2-4H,1H3;2*1-2H3;2H2,1H3. The maximum atomic E-state index is 12.0. The van der Waals surface area contributed by atoms with Crippen LogP contribution in [0.4, 0.5) is 0 Å². The summed E-state index contributed by atoms with van der Waals surface area (Å²) >= 11 is 1.52. The predicted molar refractivity (Wildman–Crippen MR) is 130 cm³/mol. The molecule has 0 saturated heterocycles. The van der Waals surface area contributed by atoms with Gasteiger partial charge in [0.1, 0.15) is 0 Å². The number of aryl methyl sites for hydroxylation is 2. The molecule has 30 heavy (non-hydrogen) atoms. The normalized spacial score (nSPS) is 13.4. The summed E-state index contributed by atoms with van der Waals surface area (Å²) in [6.07, 6.45) is 4.11. The van der Waals surface area contributed by atoms with Crippen molar-refractivity contribution < 1.29 is 9.59 Å². The molecule has 1 saturated carbocycles. The number of hydrogen-bond donors (Lipinski definition) is 1. The van der Waals surface area contributed by atoms with Crippen molar-refractivity contribution in [1.82, 2.24) is 4.90 Å². The van der Waals surface area contributed by atoms with Crippen molar-refractivity contribution in [3.8, 4) is 0 Å². The lowest BCUT2D eigenvalue weighted by Crippen LogP contribution is -2.36. The lowest BCUT2D eigenvalue weighted by molar-refractivity contribution is -0.133. The smallest absolute Gasteiger partial charge is 0.225 e. The van der Waals surface area contributed by atoms with E-state index in [1.165, 1.54) is 40.0 Å². The minimum atomic E-state index is 0.353. The molecule has 0 radical (unpaired) electrons. The van der Waals surface area contributed by atoms with Crippen LogP contribution in [0.25, 0.3) is 0 Å². The van der Waals surface area contributed by atoms with Gasteiger partial charge in [0.15, 0.2) is 6.29 Å². The van der Waals surface area contributed by atoms with Gasteiger partial charge < -0.3 is 10.6 Å². The number of nitrogens with two attached hydrogens (primary N) is 1. The molecule has 0 unspecified atom stereocenters. The van der Waals surface area contributed by atoms with Gasteiger partial charge in [-0.1, -0.05) is 51.5 Å². The summed E-state index contributed by atoms with van der Waals surface area (Å²) in [4.78, 5) is 26.0. The van der Waals surface area contributed by atoms with Gasteiger partial charge in [0.25, 0.3) is 0 Å². The number of amides is 1. The molecule has 0 atom stereocenters. The maximum Gasteiger partial charge on any atom is 0.225 e. The van der Waals surface area contributed by atoms with E-state index in [0.717, 1.165) is 43.5 Å². The zero-order valence-electron chi connectivity index (χ0n) is 19.8. The van der Waals surface area contributed by atoms with Gasteiger partial charge >= 0.3 is 0 Å². The van der Waals surface area contributed by atoms with Crippen LogP contribution < -0.4 is 5.73 Å². The van der Waals surface area contributed by atoms with Crippen molar-refractivity contribution in [2.75, 3.05) is 13.6 Å². The van der Waals surface area contributed by atoms with Crippen molar-refractivity contribution in [2.45, 2.75) is 67.3 Å². The third-order valence-electron chi connectivity index (χ3n) is 4.49. The van der Waals surface area contributed by atoms with Crippen LogP contribution in [-0.2, 0) is 17.8 Å². The van der Waals surface area contributed by atoms with Crippen molar-refractivity contribution in [3.63, 3.8) is 0 Å². The highest BCUT2D eigenvalue weighted by atomic mass is 32.1. The van der Waals surface area contributed by atoms with E-state index in [1.807, 2.05) is 51.7 Å². The Balaban J connectivity index is 0.000000509. The molecule has 1 fully saturated rings. The van der Waals surface area contributed by atoms with Gasteiger partial charge in [-0.3, -0.25) is 9.59 Å². The summed E-state index contributed by atoms with van der Waals surface area (Å²) < 4.78 is 0. The molecule has 1 aromatic heterocycles. The van der Waals surface area contributed by atoms with Gasteiger partial charge in [0.05, 0.1) is 4.88 Å². The first kappa shape index (κ1) is 28.0. The summed E-state index contributed by atoms with van der Waals surface area (Å²) in [5.74, 6) is 0.735. The third-order valence-corrected chi connectivity index (χ3v) is 5.42. The van der Waals surface area contributed by atoms with E-state index in [1.54, 1.807) is 0 Å². The molecule has 1 aromatic carbocycles. The van der Waals surface area contributed by atoms with Gasteiger partial charge in [0, 0.05) is 23.9 Å². The monoisotopic (exact) mass is 432 g/mol. The van der Waals surface area contributed by atoms with E-state index in [0.29, 0.717) is 11.8 Å². The number of nitrogens with zero attached hydrogens (tertiary/aromatic N) is 1. The van der Waals surface area contributed by atoms with E-state index in [-0.39, 0.29) is 0 Å². The molecule has 0 bridgehead atoms. The minimum Gasteiger partial charge on any atom is -0.338 e. The van der Waals surface area contributed by atoms with E-state index in [4.69, 9.17) is 0 Å². The van der Waals surface area contributed by atoms with Gasteiger partial charge in [-0.2, -0.15) is 0 Å². The number of benzene rings is 1. The molecule has 4 nitrogen and oxygen atoms in total. The Hall–Kier alpha value is -1.98. The van der Waals surface area contributed by atoms with Crippen LogP contribution in [0.5, 0.6) is 0 Å². The topological polar surface area (TPSA) is 63.4 Å². The number of aldehydes is 1. The molecule has 168 valence electrons. The van der Waals surface area contributed by atoms with Crippen LogP contribution >= 0.6 is 11.3 Å². The van der Waals surface area contributed by atoms with Crippen LogP contribution in [0.1, 0.15) is 71.8 Å². The largest absolute Gasteiger partial charge is 0.338 e.